The Morgan fingerprint density at radius 2 is 2.00 bits per heavy atom. The molecule has 0 rings (SSSR count). The van der Waals surface area contributed by atoms with Gasteiger partial charge in [-0.2, -0.15) is 6.08 Å². The first kappa shape index (κ1) is 9.42. The third kappa shape index (κ3) is 8.95. The van der Waals surface area contributed by atoms with Crippen molar-refractivity contribution in [1.29, 1.82) is 0 Å². The molecule has 0 aromatic rings. The standard InChI is InChI=1S/C5H7.Li/c1-3-5-4-2;/h1,3-5H,2H3;/q-1;+1/b5-4-;. The van der Waals surface area contributed by atoms with Gasteiger partial charge in [-0.3, -0.25) is 6.58 Å². The summed E-state index contributed by atoms with van der Waals surface area (Å²) < 4.78 is 0. The van der Waals surface area contributed by atoms with E-state index < -0.39 is 0 Å². The topological polar surface area (TPSA) is 0 Å². The van der Waals surface area contributed by atoms with Crippen LogP contribution in [-0.4, -0.2) is 0 Å². The monoisotopic (exact) mass is 74.1 g/mol. The van der Waals surface area contributed by atoms with Crippen molar-refractivity contribution in [2.45, 2.75) is 6.92 Å². The van der Waals surface area contributed by atoms with Crippen LogP contribution in [-0.2, 0) is 0 Å². The fourth-order valence-corrected chi connectivity index (χ4v) is 0.111. The van der Waals surface area contributed by atoms with Crippen LogP contribution in [0.3, 0.4) is 0 Å². The van der Waals surface area contributed by atoms with Crippen molar-refractivity contribution < 1.29 is 18.9 Å². The largest absolute Gasteiger partial charge is 1.00 e. The molecule has 28 valence electrons. The molecule has 0 saturated carbocycles. The maximum Gasteiger partial charge on any atom is 1.00 e. The van der Waals surface area contributed by atoms with E-state index in [-0.39, 0.29) is 18.9 Å². The third-order valence-electron chi connectivity index (χ3n) is 0.304. The second-order valence-corrected chi connectivity index (χ2v) is 0.718. The van der Waals surface area contributed by atoms with Crippen LogP contribution in [0.5, 0.6) is 0 Å². The summed E-state index contributed by atoms with van der Waals surface area (Å²) in [5, 5.41) is 0. The summed E-state index contributed by atoms with van der Waals surface area (Å²) >= 11 is 0. The van der Waals surface area contributed by atoms with Gasteiger partial charge in [0.05, 0.1) is 0 Å². The number of hydrogen-bond acceptors (Lipinski definition) is 0. The van der Waals surface area contributed by atoms with Crippen molar-refractivity contribution in [3.63, 3.8) is 0 Å². The van der Waals surface area contributed by atoms with E-state index in [4.69, 9.17) is 6.58 Å². The second kappa shape index (κ2) is 8.91. The molecule has 0 aliphatic heterocycles. The number of allylic oxidation sites excluding steroid dienone is 3. The summed E-state index contributed by atoms with van der Waals surface area (Å²) in [5.41, 5.74) is 0. The van der Waals surface area contributed by atoms with Gasteiger partial charge in [-0.15, -0.1) is 0 Å². The predicted molar refractivity (Wildman–Crippen MR) is 23.7 cm³/mol. The van der Waals surface area contributed by atoms with Crippen molar-refractivity contribution in [2.24, 2.45) is 0 Å². The Morgan fingerprint density at radius 1 is 1.50 bits per heavy atom. The molecular weight excluding hydrogens is 67.0 g/mol. The van der Waals surface area contributed by atoms with Crippen LogP contribution >= 0.6 is 0 Å². The van der Waals surface area contributed by atoms with Crippen LogP contribution in [0.4, 0.5) is 0 Å². The van der Waals surface area contributed by atoms with E-state index in [1.807, 2.05) is 13.0 Å². The number of hydrogen-bond donors (Lipinski definition) is 0. The molecule has 0 fully saturated rings. The van der Waals surface area contributed by atoms with E-state index in [0.717, 1.165) is 0 Å². The first-order valence-corrected chi connectivity index (χ1v) is 1.58. The van der Waals surface area contributed by atoms with Crippen molar-refractivity contribution in [1.82, 2.24) is 0 Å². The molecule has 0 atom stereocenters. The first-order valence-electron chi connectivity index (χ1n) is 1.58. The van der Waals surface area contributed by atoms with Crippen molar-refractivity contribution in [3.8, 4) is 0 Å². The molecule has 0 nitrogen and oxygen atoms in total. The molecule has 0 aliphatic carbocycles. The van der Waals surface area contributed by atoms with Gasteiger partial charge in [-0.05, 0) is 0 Å². The molecule has 1 heteroatoms. The SMILES string of the molecule is [CH-]=C/C=C\C.[Li+]. The summed E-state index contributed by atoms with van der Waals surface area (Å²) in [4.78, 5) is 0. The first-order chi connectivity index (χ1) is 2.41. The fourth-order valence-electron chi connectivity index (χ4n) is 0.111. The maximum absolute atomic E-state index is 4.93. The van der Waals surface area contributed by atoms with E-state index in [1.54, 1.807) is 6.08 Å². The molecule has 0 N–H and O–H groups in total. The zero-order chi connectivity index (χ0) is 4.12. The Hall–Kier alpha value is 0.0774. The zero-order valence-corrected chi connectivity index (χ0v) is 4.31. The Balaban J connectivity index is 0. The Morgan fingerprint density at radius 3 is 2.00 bits per heavy atom. The van der Waals surface area contributed by atoms with E-state index in [1.165, 1.54) is 6.08 Å². The van der Waals surface area contributed by atoms with Crippen LogP contribution in [0.1, 0.15) is 6.92 Å². The Labute approximate surface area is 51.1 Å². The van der Waals surface area contributed by atoms with Crippen molar-refractivity contribution in [3.05, 3.63) is 24.8 Å². The second-order valence-electron chi connectivity index (χ2n) is 0.718. The van der Waals surface area contributed by atoms with Gasteiger partial charge in [0.2, 0.25) is 0 Å². The molecule has 0 unspecified atom stereocenters. The van der Waals surface area contributed by atoms with Gasteiger partial charge in [-0.1, -0.05) is 6.92 Å². The molecule has 0 radical (unpaired) electrons. The van der Waals surface area contributed by atoms with Gasteiger partial charge in [0.15, 0.2) is 0 Å². The maximum atomic E-state index is 4.93. The zero-order valence-electron chi connectivity index (χ0n) is 4.31. The molecule has 0 amide bonds. The van der Waals surface area contributed by atoms with Gasteiger partial charge in [0.25, 0.3) is 0 Å². The Bertz CT molecular complexity index is 45.9. The molecule has 0 heterocycles. The molecule has 0 aliphatic rings. The van der Waals surface area contributed by atoms with E-state index in [2.05, 4.69) is 0 Å². The summed E-state index contributed by atoms with van der Waals surface area (Å²) in [5.74, 6) is 0. The average Bonchev–Trinajstić information content (AvgIpc) is 1.41. The fraction of sp³-hybridized carbons (Fsp3) is 0.200. The Kier molecular flexibility index (Phi) is 14.0. The van der Waals surface area contributed by atoms with E-state index in [9.17, 15) is 0 Å². The van der Waals surface area contributed by atoms with Crippen LogP contribution in [0.15, 0.2) is 18.2 Å². The van der Waals surface area contributed by atoms with Gasteiger partial charge < -0.3 is 0 Å². The third-order valence-corrected chi connectivity index (χ3v) is 0.304. The molecule has 0 aromatic carbocycles. The summed E-state index contributed by atoms with van der Waals surface area (Å²) in [6.07, 6.45) is 5.15. The minimum atomic E-state index is 0. The van der Waals surface area contributed by atoms with Crippen LogP contribution in [0.2, 0.25) is 0 Å². The molecular formula is C5H7Li. The van der Waals surface area contributed by atoms with Gasteiger partial charge in [-0.25, -0.2) is 12.2 Å². The molecule has 0 saturated heterocycles. The molecule has 0 bridgehead atoms. The molecule has 0 spiro atoms. The minimum absolute atomic E-state index is 0. The van der Waals surface area contributed by atoms with Gasteiger partial charge in [0, 0.05) is 0 Å². The summed E-state index contributed by atoms with van der Waals surface area (Å²) in [6.45, 7) is 6.85. The van der Waals surface area contributed by atoms with Crippen LogP contribution in [0.25, 0.3) is 0 Å². The minimum Gasteiger partial charge on any atom is -0.293 e. The van der Waals surface area contributed by atoms with Gasteiger partial charge >= 0.3 is 18.9 Å². The van der Waals surface area contributed by atoms with E-state index in [0.29, 0.717) is 0 Å². The summed E-state index contributed by atoms with van der Waals surface area (Å²) in [7, 11) is 0. The van der Waals surface area contributed by atoms with Crippen LogP contribution in [0, 0.1) is 6.58 Å². The average molecular weight is 74.1 g/mol. The van der Waals surface area contributed by atoms with Crippen LogP contribution < -0.4 is 18.9 Å². The predicted octanol–water partition coefficient (Wildman–Crippen LogP) is -1.44. The molecule has 0 aromatic heterocycles. The van der Waals surface area contributed by atoms with E-state index >= 15 is 0 Å². The quantitative estimate of drug-likeness (QED) is 0.203. The summed E-state index contributed by atoms with van der Waals surface area (Å²) in [6, 6.07) is 0. The number of rotatable bonds is 1. The molecule has 6 heavy (non-hydrogen) atoms. The van der Waals surface area contributed by atoms with Crippen molar-refractivity contribution >= 4 is 0 Å². The smallest absolute Gasteiger partial charge is 0.293 e. The van der Waals surface area contributed by atoms with Gasteiger partial charge in [0.1, 0.15) is 0 Å². The normalized spacial score (nSPS) is 7.50. The van der Waals surface area contributed by atoms with Crippen molar-refractivity contribution in [2.75, 3.05) is 0 Å².